The Kier molecular flexibility index (Phi) is 14.1. The van der Waals surface area contributed by atoms with Crippen LogP contribution in [0.15, 0.2) is 0 Å². The lowest BCUT2D eigenvalue weighted by molar-refractivity contribution is 0.224. The fourth-order valence-corrected chi connectivity index (χ4v) is 2.65. The minimum absolute atomic E-state index is 1.37. The molecule has 0 aromatic rings. The number of hydrogen-bond donors (Lipinski definition) is 0. The number of unbranched alkanes of at least 4 members (excludes halogenated alkanes) is 7. The Morgan fingerprint density at radius 1 is 0.778 bits per heavy atom. The summed E-state index contributed by atoms with van der Waals surface area (Å²) in [5.41, 5.74) is 0. The Morgan fingerprint density at radius 2 is 1.28 bits per heavy atom. The Hall–Kier alpha value is -0.550. The number of piperidine rings is 1. The van der Waals surface area contributed by atoms with Crippen molar-refractivity contribution in [2.24, 2.45) is 0 Å². The zero-order valence-electron chi connectivity index (χ0n) is 12.4. The van der Waals surface area contributed by atoms with E-state index in [0.717, 1.165) is 0 Å². The first-order valence-corrected chi connectivity index (χ1v) is 7.91. The van der Waals surface area contributed by atoms with Gasteiger partial charge in [-0.05, 0) is 38.9 Å². The lowest BCUT2D eigenvalue weighted by atomic mass is 10.1. The molecule has 2 heteroatoms. The third-order valence-electron chi connectivity index (χ3n) is 3.78. The van der Waals surface area contributed by atoms with Crippen molar-refractivity contribution >= 4 is 0 Å². The van der Waals surface area contributed by atoms with E-state index in [1.54, 1.807) is 0 Å². The molecule has 1 saturated heterocycles. The van der Waals surface area contributed by atoms with Crippen LogP contribution in [0.3, 0.4) is 0 Å². The van der Waals surface area contributed by atoms with Crippen LogP contribution in [0.5, 0.6) is 0 Å². The smallest absolute Gasteiger partial charge is 0.0462 e. The van der Waals surface area contributed by atoms with Crippen molar-refractivity contribution in [2.75, 3.05) is 19.6 Å². The molecule has 18 heavy (non-hydrogen) atoms. The van der Waals surface area contributed by atoms with Crippen LogP contribution in [0.4, 0.5) is 0 Å². The summed E-state index contributed by atoms with van der Waals surface area (Å²) in [7, 11) is 0. The maximum absolute atomic E-state index is 6.50. The molecule has 0 spiro atoms. The van der Waals surface area contributed by atoms with Crippen molar-refractivity contribution in [3.63, 3.8) is 0 Å². The number of nitrogens with zero attached hydrogens (tertiary/aromatic N) is 2. The van der Waals surface area contributed by atoms with Gasteiger partial charge in [0, 0.05) is 6.57 Å². The minimum Gasteiger partial charge on any atom is -0.303 e. The highest BCUT2D eigenvalue weighted by molar-refractivity contribution is 4.64. The molecule has 0 aliphatic carbocycles. The van der Waals surface area contributed by atoms with Crippen LogP contribution in [-0.4, -0.2) is 24.5 Å². The predicted octanol–water partition coefficient (Wildman–Crippen LogP) is 4.75. The summed E-state index contributed by atoms with van der Waals surface area (Å²) in [5, 5.41) is 6.50. The van der Waals surface area contributed by atoms with Gasteiger partial charge in [0.25, 0.3) is 0 Å². The normalized spacial score (nSPS) is 15.9. The van der Waals surface area contributed by atoms with Gasteiger partial charge in [0.1, 0.15) is 0 Å². The van der Waals surface area contributed by atoms with Crippen LogP contribution in [0.2, 0.25) is 0 Å². The zero-order chi connectivity index (χ0) is 13.5. The first kappa shape index (κ1) is 17.4. The highest BCUT2D eigenvalue weighted by Crippen LogP contribution is 2.12. The summed E-state index contributed by atoms with van der Waals surface area (Å²) in [4.78, 5) is 2.67. The third kappa shape index (κ3) is 10.6. The first-order chi connectivity index (χ1) is 8.93. The summed E-state index contributed by atoms with van der Waals surface area (Å²) < 4.78 is 0. The molecule has 1 heterocycles. The van der Waals surface area contributed by atoms with Gasteiger partial charge in [0.05, 0.1) is 0 Å². The Balaban J connectivity index is 0.00000137. The Bertz CT molecular complexity index is 171. The minimum atomic E-state index is 1.37. The SMILES string of the molecule is C#N.CCCCCCCCCCN1CCCCC1. The van der Waals surface area contributed by atoms with Gasteiger partial charge in [0.15, 0.2) is 0 Å². The second kappa shape index (κ2) is 14.5. The van der Waals surface area contributed by atoms with Gasteiger partial charge in [-0.2, -0.15) is 0 Å². The van der Waals surface area contributed by atoms with E-state index in [4.69, 9.17) is 5.26 Å². The second-order valence-electron chi connectivity index (χ2n) is 5.38. The quantitative estimate of drug-likeness (QED) is 0.554. The molecule has 1 aliphatic rings. The van der Waals surface area contributed by atoms with Crippen LogP contribution in [-0.2, 0) is 0 Å². The fourth-order valence-electron chi connectivity index (χ4n) is 2.65. The van der Waals surface area contributed by atoms with Crippen LogP contribution in [0.1, 0.15) is 77.6 Å². The van der Waals surface area contributed by atoms with Crippen molar-refractivity contribution in [3.05, 3.63) is 0 Å². The van der Waals surface area contributed by atoms with Gasteiger partial charge in [-0.3, -0.25) is 0 Å². The molecule has 0 amide bonds. The molecule has 0 aromatic heterocycles. The fraction of sp³-hybridized carbons (Fsp3) is 0.938. The second-order valence-corrected chi connectivity index (χ2v) is 5.38. The zero-order valence-corrected chi connectivity index (χ0v) is 12.4. The van der Waals surface area contributed by atoms with E-state index < -0.39 is 0 Å². The average Bonchev–Trinajstić information content (AvgIpc) is 2.45. The van der Waals surface area contributed by atoms with E-state index in [0.29, 0.717) is 0 Å². The van der Waals surface area contributed by atoms with E-state index in [2.05, 4.69) is 18.4 Å². The van der Waals surface area contributed by atoms with Gasteiger partial charge >= 0.3 is 0 Å². The summed E-state index contributed by atoms with van der Waals surface area (Å²) >= 11 is 0. The van der Waals surface area contributed by atoms with E-state index in [-0.39, 0.29) is 0 Å². The molecule has 0 aromatic carbocycles. The van der Waals surface area contributed by atoms with Gasteiger partial charge in [-0.25, -0.2) is 5.26 Å². The highest BCUT2D eigenvalue weighted by atomic mass is 15.1. The van der Waals surface area contributed by atoms with Gasteiger partial charge in [0.2, 0.25) is 0 Å². The van der Waals surface area contributed by atoms with Gasteiger partial charge in [-0.1, -0.05) is 58.3 Å². The molecule has 0 N–H and O–H groups in total. The van der Waals surface area contributed by atoms with Crippen LogP contribution in [0, 0.1) is 11.8 Å². The lowest BCUT2D eigenvalue weighted by Crippen LogP contribution is -2.30. The summed E-state index contributed by atoms with van der Waals surface area (Å²) in [6.45, 7) is 9.90. The molecule has 0 atom stereocenters. The van der Waals surface area contributed by atoms with Gasteiger partial charge < -0.3 is 4.90 Å². The standard InChI is InChI=1S/C15H31N.CHN/c1-2-3-4-5-6-7-8-10-13-16-14-11-9-12-15-16;1-2/h2-15H2,1H3;1H. The van der Waals surface area contributed by atoms with Gasteiger partial charge in [-0.15, -0.1) is 0 Å². The molecule has 0 saturated carbocycles. The van der Waals surface area contributed by atoms with E-state index >= 15 is 0 Å². The lowest BCUT2D eigenvalue weighted by Gasteiger charge is -2.26. The molecule has 1 rings (SSSR count). The van der Waals surface area contributed by atoms with Crippen molar-refractivity contribution in [2.45, 2.75) is 77.6 Å². The molecular weight excluding hydrogens is 220 g/mol. The Morgan fingerprint density at radius 3 is 1.83 bits per heavy atom. The van der Waals surface area contributed by atoms with Crippen molar-refractivity contribution in [1.82, 2.24) is 4.90 Å². The largest absolute Gasteiger partial charge is 0.303 e. The number of likely N-dealkylation sites (tertiary alicyclic amines) is 1. The molecular formula is C16H32N2. The monoisotopic (exact) mass is 252 g/mol. The van der Waals surface area contributed by atoms with E-state index in [1.807, 2.05) is 0 Å². The van der Waals surface area contributed by atoms with E-state index in [9.17, 15) is 0 Å². The summed E-state index contributed by atoms with van der Waals surface area (Å²) in [6, 6.07) is 0. The van der Waals surface area contributed by atoms with Crippen LogP contribution >= 0.6 is 0 Å². The summed E-state index contributed by atoms with van der Waals surface area (Å²) in [6.07, 6.45) is 15.9. The molecule has 106 valence electrons. The number of hydrogen-bond acceptors (Lipinski definition) is 2. The maximum Gasteiger partial charge on any atom is 0.0462 e. The molecule has 0 unspecified atom stereocenters. The van der Waals surface area contributed by atoms with Crippen molar-refractivity contribution < 1.29 is 0 Å². The summed E-state index contributed by atoms with van der Waals surface area (Å²) in [5.74, 6) is 0. The van der Waals surface area contributed by atoms with Crippen LogP contribution < -0.4 is 0 Å². The van der Waals surface area contributed by atoms with Crippen molar-refractivity contribution in [3.8, 4) is 6.57 Å². The third-order valence-corrected chi connectivity index (χ3v) is 3.78. The number of rotatable bonds is 9. The maximum atomic E-state index is 6.50. The van der Waals surface area contributed by atoms with E-state index in [1.165, 1.54) is 90.3 Å². The van der Waals surface area contributed by atoms with Crippen LogP contribution in [0.25, 0.3) is 0 Å². The topological polar surface area (TPSA) is 27.0 Å². The molecule has 0 radical (unpaired) electrons. The molecule has 1 aliphatic heterocycles. The predicted molar refractivity (Wildman–Crippen MR) is 79.6 cm³/mol. The molecule has 1 fully saturated rings. The Labute approximate surface area is 114 Å². The van der Waals surface area contributed by atoms with Crippen molar-refractivity contribution in [1.29, 1.82) is 5.26 Å². The highest BCUT2D eigenvalue weighted by Gasteiger charge is 2.08. The first-order valence-electron chi connectivity index (χ1n) is 7.91. The molecule has 2 nitrogen and oxygen atoms in total. The number of nitriles is 1. The average molecular weight is 252 g/mol. The molecule has 0 bridgehead atoms.